The van der Waals surface area contributed by atoms with E-state index in [-0.39, 0.29) is 39.2 Å². The topological polar surface area (TPSA) is 266 Å². The number of rotatable bonds is 12. The number of nitrogens with two attached hydrogens (primary N) is 1. The minimum Gasteiger partial charge on any atom is -0.358 e. The first-order valence-electron chi connectivity index (χ1n) is 26.9. The second kappa shape index (κ2) is 27.9. The summed E-state index contributed by atoms with van der Waals surface area (Å²) in [4.78, 5) is 79.0. The van der Waals surface area contributed by atoms with Gasteiger partial charge >= 0.3 is 17.1 Å². The first-order chi connectivity index (χ1) is 37.3. The number of aromatic amines is 1. The predicted octanol–water partition coefficient (Wildman–Crippen LogP) is 7.83. The van der Waals surface area contributed by atoms with Gasteiger partial charge in [0.15, 0.2) is 0 Å². The van der Waals surface area contributed by atoms with Crippen molar-refractivity contribution in [1.29, 1.82) is 10.5 Å². The fourth-order valence-electron chi connectivity index (χ4n) is 9.60. The van der Waals surface area contributed by atoms with Gasteiger partial charge in [-0.25, -0.2) is 14.4 Å². The molecule has 79 heavy (non-hydrogen) atoms. The van der Waals surface area contributed by atoms with Crippen molar-refractivity contribution in [1.82, 2.24) is 49.5 Å². The number of anilines is 1. The number of hydrogen-bond acceptors (Lipinski definition) is 14. The molecule has 0 saturated carbocycles. The van der Waals surface area contributed by atoms with Crippen LogP contribution < -0.4 is 38.8 Å². The molecular weight excluding hydrogens is 1040 g/mol. The Kier molecular flexibility index (Phi) is 22.3. The Balaban J connectivity index is 0.000000212. The normalized spacial score (nSPS) is 16.0. The summed E-state index contributed by atoms with van der Waals surface area (Å²) >= 11 is 11.6. The fraction of sp³-hybridized carbons (Fsp3) is 0.517. The molecule has 0 bridgehead atoms. The molecule has 2 saturated heterocycles. The Bertz CT molecular complexity index is 3320. The van der Waals surface area contributed by atoms with Gasteiger partial charge in [0, 0.05) is 56.4 Å². The molecule has 21 heteroatoms. The standard InChI is InChI=1S/C25H36N6O2.C16H30N4O.C9H7ClN2O.C8H5ClN2O/c1-6-13-31-14-11-25(17-26,12-15-31)29-22(32)19(16-24(2,3)4)27-21-18-9-7-8-10-20(18)30(5)23(33)28-21;1-5-8-20-9-6-16(12-17,7-10-20)19-14(21)13(18)11-15(2,3)4;1-12-7-5-3-2-4-6(7)8(10)11-9(12)13;9-7-5-3-1-2-4-6(5)10-8(12)11-7/h7-10,19H,6,11-16H2,1-5H3,(H,29,32)(H,27,28,33);13H,5-11,18H2,1-4H3,(H,19,21);2-5H,1H3;1-4H,(H,10,11,12)/t19-;13-;;/m00../s1. The molecule has 6 aromatic rings. The molecule has 0 spiro atoms. The summed E-state index contributed by atoms with van der Waals surface area (Å²) in [6.07, 6.45) is 5.88. The zero-order chi connectivity index (χ0) is 58.3. The van der Waals surface area contributed by atoms with Crippen LogP contribution in [0.15, 0.2) is 87.2 Å². The van der Waals surface area contributed by atoms with Gasteiger partial charge in [0.25, 0.3) is 0 Å². The van der Waals surface area contributed by atoms with Crippen LogP contribution in [0.2, 0.25) is 10.3 Å². The number of likely N-dealkylation sites (tertiary alicyclic amines) is 2. The first kappa shape index (κ1) is 63.1. The van der Waals surface area contributed by atoms with Gasteiger partial charge in [0.2, 0.25) is 11.8 Å². The van der Waals surface area contributed by atoms with E-state index in [1.165, 1.54) is 9.13 Å². The maximum absolute atomic E-state index is 13.5. The number of hydrogen-bond donors (Lipinski definition) is 5. The van der Waals surface area contributed by atoms with Crippen LogP contribution in [-0.4, -0.2) is 113 Å². The van der Waals surface area contributed by atoms with Gasteiger partial charge in [-0.05, 0) is 112 Å². The highest BCUT2D eigenvalue weighted by Gasteiger charge is 2.39. The van der Waals surface area contributed by atoms with E-state index in [1.54, 1.807) is 26.2 Å². The minimum absolute atomic E-state index is 0.00104. The third-order valence-electron chi connectivity index (χ3n) is 13.8. The molecule has 0 unspecified atom stereocenters. The zero-order valence-corrected chi connectivity index (χ0v) is 48.9. The van der Waals surface area contributed by atoms with Crippen LogP contribution in [0.4, 0.5) is 5.82 Å². The molecule has 0 radical (unpaired) electrons. The SMILES string of the molecule is CCCN1CCC(C#N)(NC(=O)[C@@H](N)CC(C)(C)C)CC1.CCCN1CCC(C#N)(NC(=O)[C@H](CC(C)(C)C)Nc2nc(=O)n(C)c3ccccc23)CC1.Cn1c(=O)nc(Cl)c2ccccc21.O=c1nc2ccccc2c(Cl)[nH]1. The second-order valence-electron chi connectivity index (χ2n) is 22.8. The molecule has 2 fully saturated rings. The van der Waals surface area contributed by atoms with Crippen molar-refractivity contribution in [2.45, 2.75) is 130 Å². The van der Waals surface area contributed by atoms with Gasteiger partial charge in [0.1, 0.15) is 33.2 Å². The first-order valence-corrected chi connectivity index (χ1v) is 27.7. The molecule has 2 aliphatic heterocycles. The third-order valence-corrected chi connectivity index (χ3v) is 14.4. The van der Waals surface area contributed by atoms with Gasteiger partial charge in [-0.1, -0.05) is 115 Å². The zero-order valence-electron chi connectivity index (χ0n) is 47.4. The molecule has 3 aromatic heterocycles. The van der Waals surface area contributed by atoms with Crippen LogP contribution in [0.1, 0.15) is 107 Å². The van der Waals surface area contributed by atoms with Crippen molar-refractivity contribution in [2.75, 3.05) is 44.6 Å². The van der Waals surface area contributed by atoms with Gasteiger partial charge < -0.3 is 31.5 Å². The number of halogens is 2. The number of aromatic nitrogens is 6. The number of nitriles is 2. The lowest BCUT2D eigenvalue weighted by Crippen LogP contribution is -2.58. The summed E-state index contributed by atoms with van der Waals surface area (Å²) in [7, 11) is 3.36. The van der Waals surface area contributed by atoms with Crippen molar-refractivity contribution in [3.8, 4) is 12.1 Å². The highest BCUT2D eigenvalue weighted by molar-refractivity contribution is 6.34. The van der Waals surface area contributed by atoms with E-state index in [2.05, 4.69) is 113 Å². The maximum Gasteiger partial charge on any atom is 0.349 e. The minimum atomic E-state index is -0.874. The van der Waals surface area contributed by atoms with E-state index in [0.717, 1.165) is 79.3 Å². The summed E-state index contributed by atoms with van der Waals surface area (Å²) in [5.41, 5.74) is 5.23. The van der Waals surface area contributed by atoms with E-state index in [0.29, 0.717) is 55.0 Å². The summed E-state index contributed by atoms with van der Waals surface area (Å²) < 4.78 is 2.97. The second-order valence-corrected chi connectivity index (χ2v) is 23.6. The number of fused-ring (bicyclic) bond motifs is 3. The lowest BCUT2D eigenvalue weighted by atomic mass is 9.85. The highest BCUT2D eigenvalue weighted by atomic mass is 35.5. The fourth-order valence-corrected chi connectivity index (χ4v) is 10.1. The quantitative estimate of drug-likeness (QED) is 0.0732. The Morgan fingerprint density at radius 3 is 1.61 bits per heavy atom. The number of H-pyrrole nitrogens is 1. The summed E-state index contributed by atoms with van der Waals surface area (Å²) in [5, 5.41) is 31.6. The van der Waals surface area contributed by atoms with Gasteiger partial charge in [0.05, 0.1) is 34.7 Å². The summed E-state index contributed by atoms with van der Waals surface area (Å²) in [6.45, 7) is 22.0. The van der Waals surface area contributed by atoms with Crippen LogP contribution in [0.3, 0.4) is 0 Å². The monoisotopic (exact) mass is 1120 g/mol. The molecule has 6 N–H and O–H groups in total. The average Bonchev–Trinajstić information content (AvgIpc) is 3.50. The smallest absolute Gasteiger partial charge is 0.349 e. The molecule has 8 rings (SSSR count). The van der Waals surface area contributed by atoms with Crippen molar-refractivity contribution < 1.29 is 9.59 Å². The molecule has 424 valence electrons. The molecule has 5 heterocycles. The number of para-hydroxylation sites is 3. The largest absolute Gasteiger partial charge is 0.358 e. The molecular formula is C58H78Cl2N14O5. The summed E-state index contributed by atoms with van der Waals surface area (Å²) in [5.74, 6) is -0.0423. The highest BCUT2D eigenvalue weighted by Crippen LogP contribution is 2.29. The number of carbonyl (C=O) groups excluding carboxylic acids is 2. The molecule has 3 aromatic carbocycles. The van der Waals surface area contributed by atoms with E-state index in [9.17, 15) is 34.5 Å². The summed E-state index contributed by atoms with van der Waals surface area (Å²) in [6, 6.07) is 25.6. The van der Waals surface area contributed by atoms with E-state index >= 15 is 0 Å². The molecule has 2 amide bonds. The lowest BCUT2D eigenvalue weighted by molar-refractivity contribution is -0.125. The predicted molar refractivity (Wildman–Crippen MR) is 315 cm³/mol. The van der Waals surface area contributed by atoms with Crippen molar-refractivity contribution in [3.05, 3.63) is 115 Å². The van der Waals surface area contributed by atoms with Crippen LogP contribution in [-0.2, 0) is 23.7 Å². The number of amides is 2. The van der Waals surface area contributed by atoms with Crippen molar-refractivity contribution in [3.63, 3.8) is 0 Å². The number of carbonyl (C=O) groups is 2. The number of benzene rings is 3. The third kappa shape index (κ3) is 17.9. The van der Waals surface area contributed by atoms with Gasteiger partial charge in [-0.2, -0.15) is 25.5 Å². The Morgan fingerprint density at radius 1 is 0.671 bits per heavy atom. The van der Waals surface area contributed by atoms with E-state index < -0.39 is 28.9 Å². The van der Waals surface area contributed by atoms with Gasteiger partial charge in [-0.15, -0.1) is 0 Å². The number of nitrogens with one attached hydrogen (secondary N) is 4. The molecule has 19 nitrogen and oxygen atoms in total. The average molecular weight is 1120 g/mol. The van der Waals surface area contributed by atoms with Crippen LogP contribution in [0.5, 0.6) is 0 Å². The Morgan fingerprint density at radius 2 is 1.11 bits per heavy atom. The maximum atomic E-state index is 13.5. The molecule has 0 aliphatic carbocycles. The molecule has 2 atom stereocenters. The van der Waals surface area contributed by atoms with Crippen LogP contribution in [0.25, 0.3) is 32.7 Å². The number of nitrogens with zero attached hydrogens (tertiary/aromatic N) is 9. The Labute approximate surface area is 472 Å². The van der Waals surface area contributed by atoms with E-state index in [1.807, 2.05) is 60.7 Å². The van der Waals surface area contributed by atoms with Crippen molar-refractivity contribution in [2.24, 2.45) is 30.7 Å². The van der Waals surface area contributed by atoms with Crippen molar-refractivity contribution >= 4 is 73.5 Å². The lowest BCUT2D eigenvalue weighted by Gasteiger charge is -2.39. The van der Waals surface area contributed by atoms with Gasteiger partial charge in [-0.3, -0.25) is 23.7 Å². The van der Waals surface area contributed by atoms with Crippen LogP contribution in [0, 0.1) is 33.5 Å². The van der Waals surface area contributed by atoms with Crippen LogP contribution >= 0.6 is 23.2 Å². The van der Waals surface area contributed by atoms with E-state index in [4.69, 9.17) is 28.9 Å². The Hall–Kier alpha value is -6.74. The number of aryl methyl sites for hydroxylation is 2. The molecule has 2 aliphatic rings. The number of piperidine rings is 2.